The zero-order chi connectivity index (χ0) is 14.1. The molecule has 0 atom stereocenters. The molecule has 20 heavy (non-hydrogen) atoms. The molecule has 2 amide bonds. The molecule has 0 bridgehead atoms. The normalized spacial score (nSPS) is 20.9. The Kier molecular flexibility index (Phi) is 3.72. The van der Waals surface area contributed by atoms with Crippen molar-refractivity contribution < 1.29 is 9.59 Å². The summed E-state index contributed by atoms with van der Waals surface area (Å²) in [5.41, 5.74) is 1.83. The number of imide groups is 1. The van der Waals surface area contributed by atoms with E-state index in [9.17, 15) is 9.59 Å². The van der Waals surface area contributed by atoms with Crippen LogP contribution in [0.25, 0.3) is 6.08 Å². The zero-order valence-electron chi connectivity index (χ0n) is 10.7. The van der Waals surface area contributed by atoms with E-state index in [1.54, 1.807) is 6.08 Å². The Bertz CT molecular complexity index is 609. The molecule has 1 aromatic carbocycles. The number of benzene rings is 1. The lowest BCUT2D eigenvalue weighted by atomic mass is 10.1. The van der Waals surface area contributed by atoms with Gasteiger partial charge in [0.25, 0.3) is 11.1 Å². The molecule has 1 aromatic rings. The number of para-hydroxylation sites is 1. The quantitative estimate of drug-likeness (QED) is 0.852. The Morgan fingerprint density at radius 2 is 2.00 bits per heavy atom. The van der Waals surface area contributed by atoms with Crippen molar-refractivity contribution in [2.24, 2.45) is 0 Å². The van der Waals surface area contributed by atoms with Crippen LogP contribution in [0.15, 0.2) is 23.1 Å². The number of anilines is 1. The second-order valence-corrected chi connectivity index (χ2v) is 6.15. The number of carbonyl (C=O) groups is 2. The number of nitrogens with one attached hydrogen (secondary N) is 1. The Morgan fingerprint density at radius 3 is 2.65 bits per heavy atom. The summed E-state index contributed by atoms with van der Waals surface area (Å²) >= 11 is 7.24. The fourth-order valence-electron chi connectivity index (χ4n) is 2.49. The van der Waals surface area contributed by atoms with Crippen LogP contribution < -0.4 is 10.2 Å². The monoisotopic (exact) mass is 308 g/mol. The average Bonchev–Trinajstić information content (AvgIpc) is 3.00. The van der Waals surface area contributed by atoms with E-state index in [-0.39, 0.29) is 11.1 Å². The summed E-state index contributed by atoms with van der Waals surface area (Å²) in [4.78, 5) is 25.5. The van der Waals surface area contributed by atoms with E-state index in [1.807, 2.05) is 18.2 Å². The molecule has 104 valence electrons. The summed E-state index contributed by atoms with van der Waals surface area (Å²) in [6.45, 7) is 1.94. The van der Waals surface area contributed by atoms with Gasteiger partial charge in [-0.05, 0) is 36.7 Å². The fourth-order valence-corrected chi connectivity index (χ4v) is 3.46. The van der Waals surface area contributed by atoms with Gasteiger partial charge >= 0.3 is 0 Å². The first-order valence-electron chi connectivity index (χ1n) is 6.43. The van der Waals surface area contributed by atoms with E-state index < -0.39 is 0 Å². The summed E-state index contributed by atoms with van der Waals surface area (Å²) < 4.78 is 0. The molecule has 4 nitrogen and oxygen atoms in total. The standard InChI is InChI=1S/C14H13ClN2O2S/c15-10-5-3-4-9(12(10)17-6-1-2-7-17)8-11-13(18)16-14(19)20-11/h3-5,8H,1-2,6-7H2,(H,16,18,19). The maximum atomic E-state index is 11.6. The van der Waals surface area contributed by atoms with Gasteiger partial charge in [0.05, 0.1) is 15.6 Å². The Balaban J connectivity index is 2.01. The predicted molar refractivity (Wildman–Crippen MR) is 82.0 cm³/mol. The largest absolute Gasteiger partial charge is 0.370 e. The number of hydrogen-bond donors (Lipinski definition) is 1. The van der Waals surface area contributed by atoms with Crippen LogP contribution in [0.4, 0.5) is 10.5 Å². The van der Waals surface area contributed by atoms with Crippen molar-refractivity contribution in [3.8, 4) is 0 Å². The molecule has 1 N–H and O–H groups in total. The van der Waals surface area contributed by atoms with Gasteiger partial charge in [-0.2, -0.15) is 0 Å². The molecular weight excluding hydrogens is 296 g/mol. The van der Waals surface area contributed by atoms with E-state index in [2.05, 4.69) is 10.2 Å². The molecule has 2 aliphatic heterocycles. The lowest BCUT2D eigenvalue weighted by Crippen LogP contribution is -2.19. The molecule has 0 aromatic heterocycles. The van der Waals surface area contributed by atoms with Crippen LogP contribution in [-0.4, -0.2) is 24.2 Å². The summed E-state index contributed by atoms with van der Waals surface area (Å²) in [6, 6.07) is 5.63. The first-order chi connectivity index (χ1) is 9.65. The van der Waals surface area contributed by atoms with Crippen molar-refractivity contribution >= 4 is 46.3 Å². The number of amides is 2. The lowest BCUT2D eigenvalue weighted by Gasteiger charge is -2.21. The second kappa shape index (κ2) is 5.50. The van der Waals surface area contributed by atoms with Crippen molar-refractivity contribution in [3.05, 3.63) is 33.7 Å². The molecule has 2 saturated heterocycles. The molecular formula is C14H13ClN2O2S. The highest BCUT2D eigenvalue weighted by Gasteiger charge is 2.26. The van der Waals surface area contributed by atoms with Crippen LogP contribution in [0, 0.1) is 0 Å². The molecule has 2 heterocycles. The van der Waals surface area contributed by atoms with Crippen molar-refractivity contribution in [1.82, 2.24) is 5.32 Å². The van der Waals surface area contributed by atoms with Gasteiger partial charge in [-0.25, -0.2) is 0 Å². The van der Waals surface area contributed by atoms with Gasteiger partial charge in [-0.3, -0.25) is 14.9 Å². The highest BCUT2D eigenvalue weighted by molar-refractivity contribution is 8.18. The van der Waals surface area contributed by atoms with E-state index in [0.29, 0.717) is 9.93 Å². The maximum absolute atomic E-state index is 11.6. The van der Waals surface area contributed by atoms with Gasteiger partial charge in [-0.1, -0.05) is 23.7 Å². The molecule has 2 fully saturated rings. The molecule has 0 aliphatic carbocycles. The number of hydrogen-bond acceptors (Lipinski definition) is 4. The minimum Gasteiger partial charge on any atom is -0.370 e. The Hall–Kier alpha value is -1.46. The van der Waals surface area contributed by atoms with Crippen LogP contribution in [0.5, 0.6) is 0 Å². The predicted octanol–water partition coefficient (Wildman–Crippen LogP) is 3.26. The van der Waals surface area contributed by atoms with Gasteiger partial charge in [-0.15, -0.1) is 0 Å². The first-order valence-corrected chi connectivity index (χ1v) is 7.63. The summed E-state index contributed by atoms with van der Waals surface area (Å²) in [5.74, 6) is -0.340. The van der Waals surface area contributed by atoms with Crippen LogP contribution in [0.2, 0.25) is 5.02 Å². The second-order valence-electron chi connectivity index (χ2n) is 4.72. The number of rotatable bonds is 2. The van der Waals surface area contributed by atoms with Crippen LogP contribution in [0.1, 0.15) is 18.4 Å². The SMILES string of the molecule is O=C1NC(=O)C(=Cc2cccc(Cl)c2N2CCCC2)S1. The zero-order valence-corrected chi connectivity index (χ0v) is 12.3. The van der Waals surface area contributed by atoms with Gasteiger partial charge in [0.2, 0.25) is 0 Å². The molecule has 0 unspecified atom stereocenters. The molecule has 6 heteroatoms. The molecule has 0 spiro atoms. The van der Waals surface area contributed by atoms with Crippen LogP contribution >= 0.6 is 23.4 Å². The smallest absolute Gasteiger partial charge is 0.290 e. The van der Waals surface area contributed by atoms with Crippen molar-refractivity contribution in [2.45, 2.75) is 12.8 Å². The van der Waals surface area contributed by atoms with Gasteiger partial charge < -0.3 is 4.90 Å². The number of carbonyl (C=O) groups excluding carboxylic acids is 2. The molecule has 0 radical (unpaired) electrons. The number of halogens is 1. The third-order valence-electron chi connectivity index (χ3n) is 3.37. The minimum absolute atomic E-state index is 0.328. The highest BCUT2D eigenvalue weighted by Crippen LogP contribution is 2.35. The van der Waals surface area contributed by atoms with Crippen LogP contribution in [-0.2, 0) is 4.79 Å². The number of thioether (sulfide) groups is 1. The van der Waals surface area contributed by atoms with E-state index in [4.69, 9.17) is 11.6 Å². The summed E-state index contributed by atoms with van der Waals surface area (Å²) in [6.07, 6.45) is 4.04. The number of nitrogens with zero attached hydrogens (tertiary/aromatic N) is 1. The van der Waals surface area contributed by atoms with E-state index in [1.165, 1.54) is 0 Å². The van der Waals surface area contributed by atoms with Gasteiger partial charge in [0, 0.05) is 18.7 Å². The average molecular weight is 309 g/mol. The van der Waals surface area contributed by atoms with Crippen molar-refractivity contribution in [3.63, 3.8) is 0 Å². The summed E-state index contributed by atoms with van der Waals surface area (Å²) in [5, 5.41) is 2.61. The molecule has 0 saturated carbocycles. The third-order valence-corrected chi connectivity index (χ3v) is 4.48. The third kappa shape index (κ3) is 2.55. The Labute approximate surface area is 126 Å². The first kappa shape index (κ1) is 13.5. The maximum Gasteiger partial charge on any atom is 0.290 e. The highest BCUT2D eigenvalue weighted by atomic mass is 35.5. The van der Waals surface area contributed by atoms with Gasteiger partial charge in [0.1, 0.15) is 0 Å². The molecule has 3 rings (SSSR count). The fraction of sp³-hybridized carbons (Fsp3) is 0.286. The topological polar surface area (TPSA) is 49.4 Å². The van der Waals surface area contributed by atoms with E-state index >= 15 is 0 Å². The summed E-state index contributed by atoms with van der Waals surface area (Å²) in [7, 11) is 0. The lowest BCUT2D eigenvalue weighted by molar-refractivity contribution is -0.115. The van der Waals surface area contributed by atoms with Crippen molar-refractivity contribution in [2.75, 3.05) is 18.0 Å². The van der Waals surface area contributed by atoms with Crippen LogP contribution in [0.3, 0.4) is 0 Å². The Morgan fingerprint density at radius 1 is 1.25 bits per heavy atom. The van der Waals surface area contributed by atoms with Crippen molar-refractivity contribution in [1.29, 1.82) is 0 Å². The van der Waals surface area contributed by atoms with E-state index in [0.717, 1.165) is 48.9 Å². The minimum atomic E-state index is -0.340. The van der Waals surface area contributed by atoms with Gasteiger partial charge in [0.15, 0.2) is 0 Å². The molecule has 2 aliphatic rings.